The van der Waals surface area contributed by atoms with Crippen LogP contribution in [0.1, 0.15) is 49.9 Å². The second-order valence-electron chi connectivity index (χ2n) is 4.45. The number of rotatable bonds is 7. The quantitative estimate of drug-likeness (QED) is 0.671. The summed E-state index contributed by atoms with van der Waals surface area (Å²) >= 11 is 5.82. The van der Waals surface area contributed by atoms with Gasteiger partial charge < -0.3 is 4.90 Å². The van der Waals surface area contributed by atoms with Gasteiger partial charge in [-0.2, -0.15) is 0 Å². The molecular formula is C15H22ClNO. The molecule has 0 radical (unpaired) electrons. The van der Waals surface area contributed by atoms with E-state index in [-0.39, 0.29) is 5.91 Å². The Bertz CT molecular complexity index is 361. The second kappa shape index (κ2) is 8.15. The smallest absolute Gasteiger partial charge is 0.253 e. The molecule has 1 aromatic carbocycles. The Balaban J connectivity index is 2.53. The summed E-state index contributed by atoms with van der Waals surface area (Å²) in [4.78, 5) is 14.1. The predicted octanol–water partition coefficient (Wildman–Crippen LogP) is 4.38. The third-order valence-electron chi connectivity index (χ3n) is 3.04. The molecular weight excluding hydrogens is 246 g/mol. The molecule has 1 amide bonds. The third-order valence-corrected chi connectivity index (χ3v) is 3.29. The fourth-order valence-electron chi connectivity index (χ4n) is 1.91. The van der Waals surface area contributed by atoms with Gasteiger partial charge in [-0.15, -0.1) is 0 Å². The molecule has 0 aliphatic heterocycles. The minimum absolute atomic E-state index is 0.102. The van der Waals surface area contributed by atoms with E-state index in [0.717, 1.165) is 25.1 Å². The molecule has 2 nitrogen and oxygen atoms in total. The van der Waals surface area contributed by atoms with E-state index in [1.807, 2.05) is 11.8 Å². The Morgan fingerprint density at radius 1 is 1.11 bits per heavy atom. The summed E-state index contributed by atoms with van der Waals surface area (Å²) in [7, 11) is 0. The number of hydrogen-bond acceptors (Lipinski definition) is 1. The standard InChI is InChI=1S/C15H22ClNO/c1-3-5-6-7-12-17(4-2)15(18)13-8-10-14(16)11-9-13/h8-11H,3-7,12H2,1-2H3. The molecule has 100 valence electrons. The average Bonchev–Trinajstić information content (AvgIpc) is 2.39. The van der Waals surface area contributed by atoms with Crippen molar-refractivity contribution in [1.82, 2.24) is 4.90 Å². The van der Waals surface area contributed by atoms with Crippen LogP contribution in [0, 0.1) is 0 Å². The maximum Gasteiger partial charge on any atom is 0.253 e. The first-order valence-corrected chi connectivity index (χ1v) is 7.11. The van der Waals surface area contributed by atoms with Gasteiger partial charge >= 0.3 is 0 Å². The SMILES string of the molecule is CCCCCCN(CC)C(=O)c1ccc(Cl)cc1. The molecule has 0 fully saturated rings. The van der Waals surface area contributed by atoms with E-state index in [1.165, 1.54) is 19.3 Å². The van der Waals surface area contributed by atoms with Crippen molar-refractivity contribution in [3.8, 4) is 0 Å². The van der Waals surface area contributed by atoms with Crippen molar-refractivity contribution in [1.29, 1.82) is 0 Å². The van der Waals surface area contributed by atoms with Gasteiger partial charge in [-0.25, -0.2) is 0 Å². The van der Waals surface area contributed by atoms with E-state index < -0.39 is 0 Å². The van der Waals surface area contributed by atoms with E-state index in [0.29, 0.717) is 5.02 Å². The molecule has 0 saturated carbocycles. The van der Waals surface area contributed by atoms with Crippen LogP contribution in [0.25, 0.3) is 0 Å². The van der Waals surface area contributed by atoms with Crippen molar-refractivity contribution in [2.24, 2.45) is 0 Å². The highest BCUT2D eigenvalue weighted by atomic mass is 35.5. The summed E-state index contributed by atoms with van der Waals surface area (Å²) in [5.41, 5.74) is 0.719. The largest absolute Gasteiger partial charge is 0.339 e. The second-order valence-corrected chi connectivity index (χ2v) is 4.89. The highest BCUT2D eigenvalue weighted by molar-refractivity contribution is 6.30. The minimum atomic E-state index is 0.102. The summed E-state index contributed by atoms with van der Waals surface area (Å²) in [5.74, 6) is 0.102. The zero-order valence-electron chi connectivity index (χ0n) is 11.3. The van der Waals surface area contributed by atoms with Crippen LogP contribution in [0.4, 0.5) is 0 Å². The molecule has 18 heavy (non-hydrogen) atoms. The molecule has 0 saturated heterocycles. The van der Waals surface area contributed by atoms with Crippen molar-refractivity contribution < 1.29 is 4.79 Å². The lowest BCUT2D eigenvalue weighted by Gasteiger charge is -2.21. The number of hydrogen-bond donors (Lipinski definition) is 0. The number of carbonyl (C=O) groups excluding carboxylic acids is 1. The number of carbonyl (C=O) groups is 1. The summed E-state index contributed by atoms with van der Waals surface area (Å²) in [6.07, 6.45) is 4.74. The van der Waals surface area contributed by atoms with Crippen LogP contribution in [-0.2, 0) is 0 Å². The average molecular weight is 268 g/mol. The third kappa shape index (κ3) is 4.69. The normalized spacial score (nSPS) is 10.4. The van der Waals surface area contributed by atoms with Crippen LogP contribution < -0.4 is 0 Å². The highest BCUT2D eigenvalue weighted by Gasteiger charge is 2.13. The fourth-order valence-corrected chi connectivity index (χ4v) is 2.03. The first-order valence-electron chi connectivity index (χ1n) is 6.73. The van der Waals surface area contributed by atoms with Gasteiger partial charge in [0.05, 0.1) is 0 Å². The number of unbranched alkanes of at least 4 members (excludes halogenated alkanes) is 3. The molecule has 0 N–H and O–H groups in total. The lowest BCUT2D eigenvalue weighted by Crippen LogP contribution is -2.31. The molecule has 0 aliphatic rings. The van der Waals surface area contributed by atoms with E-state index >= 15 is 0 Å². The molecule has 0 aromatic heterocycles. The molecule has 0 unspecified atom stereocenters. The molecule has 0 aliphatic carbocycles. The van der Waals surface area contributed by atoms with Gasteiger partial charge in [0, 0.05) is 23.7 Å². The van der Waals surface area contributed by atoms with Gasteiger partial charge in [-0.1, -0.05) is 37.8 Å². The van der Waals surface area contributed by atoms with Gasteiger partial charge in [-0.05, 0) is 37.6 Å². The Kier molecular flexibility index (Phi) is 6.81. The van der Waals surface area contributed by atoms with Crippen molar-refractivity contribution in [3.63, 3.8) is 0 Å². The molecule has 0 spiro atoms. The van der Waals surface area contributed by atoms with E-state index in [2.05, 4.69) is 6.92 Å². The van der Waals surface area contributed by atoms with Crippen molar-refractivity contribution in [2.45, 2.75) is 39.5 Å². The van der Waals surface area contributed by atoms with Crippen LogP contribution in [-0.4, -0.2) is 23.9 Å². The van der Waals surface area contributed by atoms with Crippen LogP contribution in [0.2, 0.25) is 5.02 Å². The maximum absolute atomic E-state index is 12.2. The van der Waals surface area contributed by atoms with Crippen molar-refractivity contribution in [3.05, 3.63) is 34.9 Å². The number of benzene rings is 1. The molecule has 0 atom stereocenters. The Morgan fingerprint density at radius 2 is 1.78 bits per heavy atom. The van der Waals surface area contributed by atoms with E-state index in [1.54, 1.807) is 24.3 Å². The zero-order chi connectivity index (χ0) is 13.4. The van der Waals surface area contributed by atoms with Crippen LogP contribution in [0.3, 0.4) is 0 Å². The lowest BCUT2D eigenvalue weighted by molar-refractivity contribution is 0.0761. The van der Waals surface area contributed by atoms with Gasteiger partial charge in [-0.3, -0.25) is 4.79 Å². The Morgan fingerprint density at radius 3 is 2.33 bits per heavy atom. The number of nitrogens with zero attached hydrogens (tertiary/aromatic N) is 1. The Labute approximate surface area is 115 Å². The topological polar surface area (TPSA) is 20.3 Å². The molecule has 1 aromatic rings. The number of halogens is 1. The maximum atomic E-state index is 12.2. The van der Waals surface area contributed by atoms with E-state index in [9.17, 15) is 4.79 Å². The first kappa shape index (κ1) is 15.0. The van der Waals surface area contributed by atoms with Gasteiger partial charge in [0.1, 0.15) is 0 Å². The molecule has 0 heterocycles. The first-order chi connectivity index (χ1) is 8.69. The summed E-state index contributed by atoms with van der Waals surface area (Å²) in [5, 5.41) is 0.664. The molecule has 1 rings (SSSR count). The van der Waals surface area contributed by atoms with Crippen LogP contribution in [0.5, 0.6) is 0 Å². The summed E-state index contributed by atoms with van der Waals surface area (Å²) in [6, 6.07) is 7.11. The van der Waals surface area contributed by atoms with Crippen molar-refractivity contribution >= 4 is 17.5 Å². The zero-order valence-corrected chi connectivity index (χ0v) is 12.0. The van der Waals surface area contributed by atoms with Crippen molar-refractivity contribution in [2.75, 3.05) is 13.1 Å². The fraction of sp³-hybridized carbons (Fsp3) is 0.533. The number of amides is 1. The van der Waals surface area contributed by atoms with Gasteiger partial charge in [0.2, 0.25) is 0 Å². The molecule has 0 bridgehead atoms. The molecule has 3 heteroatoms. The summed E-state index contributed by atoms with van der Waals surface area (Å²) < 4.78 is 0. The highest BCUT2D eigenvalue weighted by Crippen LogP contribution is 2.12. The monoisotopic (exact) mass is 267 g/mol. The van der Waals surface area contributed by atoms with Crippen LogP contribution in [0.15, 0.2) is 24.3 Å². The minimum Gasteiger partial charge on any atom is -0.339 e. The lowest BCUT2D eigenvalue weighted by atomic mass is 10.1. The van der Waals surface area contributed by atoms with Crippen LogP contribution >= 0.6 is 11.6 Å². The predicted molar refractivity (Wildman–Crippen MR) is 77.2 cm³/mol. The Hall–Kier alpha value is -1.02. The van der Waals surface area contributed by atoms with E-state index in [4.69, 9.17) is 11.6 Å². The summed E-state index contributed by atoms with van der Waals surface area (Å²) in [6.45, 7) is 5.82. The van der Waals surface area contributed by atoms with Gasteiger partial charge in [0.15, 0.2) is 0 Å². The van der Waals surface area contributed by atoms with Gasteiger partial charge in [0.25, 0.3) is 5.91 Å².